The highest BCUT2D eigenvalue weighted by molar-refractivity contribution is 6.31. The first-order valence-corrected chi connectivity index (χ1v) is 8.20. The average Bonchev–Trinajstić information content (AvgIpc) is 3.03. The van der Waals surface area contributed by atoms with Crippen LogP contribution < -0.4 is 5.32 Å². The van der Waals surface area contributed by atoms with Crippen molar-refractivity contribution >= 4 is 29.3 Å². The van der Waals surface area contributed by atoms with Crippen LogP contribution in [0.15, 0.2) is 30.3 Å². The van der Waals surface area contributed by atoms with Crippen LogP contribution in [-0.2, 0) is 16.1 Å². The summed E-state index contributed by atoms with van der Waals surface area (Å²) in [4.78, 5) is 32.1. The van der Waals surface area contributed by atoms with Crippen molar-refractivity contribution < 1.29 is 14.3 Å². The minimum atomic E-state index is -0.791. The molecule has 2 heterocycles. The number of amides is 1. The standard InChI is InChI=1S/C17H16ClN5O3/c1-10-7-11(2)23-17(20-10)21-15(22-23)16(25)26-9-14(24)19-8-12-5-3-4-6-13(12)18/h3-7H,8-9H2,1-2H3,(H,19,24). The molecule has 0 bridgehead atoms. The van der Waals surface area contributed by atoms with E-state index in [0.29, 0.717) is 10.8 Å². The Morgan fingerprint density at radius 2 is 2.00 bits per heavy atom. The fourth-order valence-electron chi connectivity index (χ4n) is 2.34. The molecule has 0 fully saturated rings. The number of hydrogen-bond acceptors (Lipinski definition) is 6. The fourth-order valence-corrected chi connectivity index (χ4v) is 2.54. The second-order valence-electron chi connectivity index (χ2n) is 5.63. The molecule has 1 N–H and O–H groups in total. The van der Waals surface area contributed by atoms with E-state index in [-0.39, 0.29) is 12.4 Å². The maximum Gasteiger partial charge on any atom is 0.378 e. The van der Waals surface area contributed by atoms with Crippen LogP contribution in [0.1, 0.15) is 27.6 Å². The normalized spacial score (nSPS) is 10.7. The van der Waals surface area contributed by atoms with Gasteiger partial charge >= 0.3 is 5.97 Å². The first kappa shape index (κ1) is 17.8. The van der Waals surface area contributed by atoms with Crippen LogP contribution in [0.25, 0.3) is 5.78 Å². The maximum absolute atomic E-state index is 12.1. The summed E-state index contributed by atoms with van der Waals surface area (Å²) in [7, 11) is 0. The zero-order valence-electron chi connectivity index (χ0n) is 14.2. The van der Waals surface area contributed by atoms with Crippen molar-refractivity contribution in [2.45, 2.75) is 20.4 Å². The zero-order chi connectivity index (χ0) is 18.7. The number of hydrogen-bond donors (Lipinski definition) is 1. The van der Waals surface area contributed by atoms with Crippen molar-refractivity contribution in [3.05, 3.63) is 58.1 Å². The molecular formula is C17H16ClN5O3. The molecule has 134 valence electrons. The lowest BCUT2D eigenvalue weighted by molar-refractivity contribution is -0.124. The third-order valence-electron chi connectivity index (χ3n) is 3.57. The Kier molecular flexibility index (Phi) is 5.13. The number of rotatable bonds is 5. The number of halogens is 1. The first-order valence-electron chi connectivity index (χ1n) is 7.82. The average molecular weight is 374 g/mol. The summed E-state index contributed by atoms with van der Waals surface area (Å²) >= 11 is 6.02. The minimum Gasteiger partial charge on any atom is -0.450 e. The molecule has 0 spiro atoms. The highest BCUT2D eigenvalue weighted by Gasteiger charge is 2.17. The number of aromatic nitrogens is 4. The van der Waals surface area contributed by atoms with Crippen LogP contribution in [0.3, 0.4) is 0 Å². The predicted octanol–water partition coefficient (Wildman–Crippen LogP) is 1.87. The number of aryl methyl sites for hydroxylation is 2. The molecule has 0 saturated carbocycles. The largest absolute Gasteiger partial charge is 0.450 e. The van der Waals surface area contributed by atoms with Crippen LogP contribution in [0.5, 0.6) is 0 Å². The quantitative estimate of drug-likeness (QED) is 0.685. The molecule has 0 unspecified atom stereocenters. The lowest BCUT2D eigenvalue weighted by atomic mass is 10.2. The minimum absolute atomic E-state index is 0.148. The number of esters is 1. The van der Waals surface area contributed by atoms with Gasteiger partial charge in [-0.15, -0.1) is 5.10 Å². The van der Waals surface area contributed by atoms with E-state index in [9.17, 15) is 9.59 Å². The molecule has 8 nitrogen and oxygen atoms in total. The van der Waals surface area contributed by atoms with Crippen molar-refractivity contribution in [1.82, 2.24) is 24.9 Å². The fraction of sp³-hybridized carbons (Fsp3) is 0.235. The smallest absolute Gasteiger partial charge is 0.378 e. The first-order chi connectivity index (χ1) is 12.4. The van der Waals surface area contributed by atoms with E-state index >= 15 is 0 Å². The topological polar surface area (TPSA) is 98.5 Å². The summed E-state index contributed by atoms with van der Waals surface area (Å²) in [6, 6.07) is 8.97. The van der Waals surface area contributed by atoms with Gasteiger partial charge in [-0.3, -0.25) is 4.79 Å². The summed E-state index contributed by atoms with van der Waals surface area (Å²) in [5.74, 6) is -1.09. The summed E-state index contributed by atoms with van der Waals surface area (Å²) in [6.45, 7) is 3.45. The Labute approximate surface area is 154 Å². The van der Waals surface area contributed by atoms with E-state index in [0.717, 1.165) is 17.0 Å². The Balaban J connectivity index is 1.57. The molecule has 2 aromatic heterocycles. The number of fused-ring (bicyclic) bond motifs is 1. The molecule has 0 radical (unpaired) electrons. The third kappa shape index (κ3) is 3.97. The molecule has 26 heavy (non-hydrogen) atoms. The van der Waals surface area contributed by atoms with Crippen LogP contribution >= 0.6 is 11.6 Å². The highest BCUT2D eigenvalue weighted by Crippen LogP contribution is 2.14. The van der Waals surface area contributed by atoms with E-state index in [1.165, 1.54) is 4.52 Å². The molecule has 3 rings (SSSR count). The molecule has 0 aliphatic rings. The van der Waals surface area contributed by atoms with Gasteiger partial charge in [0.05, 0.1) is 0 Å². The predicted molar refractivity (Wildman–Crippen MR) is 93.8 cm³/mol. The van der Waals surface area contributed by atoms with Gasteiger partial charge in [-0.25, -0.2) is 14.3 Å². The monoisotopic (exact) mass is 373 g/mol. The van der Waals surface area contributed by atoms with E-state index in [1.807, 2.05) is 26.0 Å². The Morgan fingerprint density at radius 1 is 1.23 bits per heavy atom. The Morgan fingerprint density at radius 3 is 2.77 bits per heavy atom. The second-order valence-corrected chi connectivity index (χ2v) is 6.04. The van der Waals surface area contributed by atoms with Gasteiger partial charge in [0.25, 0.3) is 17.5 Å². The van der Waals surface area contributed by atoms with Gasteiger partial charge in [-0.1, -0.05) is 29.8 Å². The summed E-state index contributed by atoms with van der Waals surface area (Å²) in [5, 5.41) is 7.24. The second kappa shape index (κ2) is 7.49. The summed E-state index contributed by atoms with van der Waals surface area (Å²) < 4.78 is 6.40. The number of nitrogens with zero attached hydrogens (tertiary/aromatic N) is 4. The lowest BCUT2D eigenvalue weighted by Gasteiger charge is -2.06. The molecule has 9 heteroatoms. The van der Waals surface area contributed by atoms with Gasteiger partial charge < -0.3 is 10.1 Å². The molecule has 1 aromatic carbocycles. The number of carbonyl (C=O) groups excluding carboxylic acids is 2. The van der Waals surface area contributed by atoms with Crippen molar-refractivity contribution in [2.75, 3.05) is 6.61 Å². The van der Waals surface area contributed by atoms with Gasteiger partial charge in [0.15, 0.2) is 6.61 Å². The van der Waals surface area contributed by atoms with Gasteiger partial charge in [-0.2, -0.15) is 4.98 Å². The SMILES string of the molecule is Cc1cc(C)n2nc(C(=O)OCC(=O)NCc3ccccc3Cl)nc2n1. The van der Waals surface area contributed by atoms with Crippen molar-refractivity contribution in [3.8, 4) is 0 Å². The van der Waals surface area contributed by atoms with E-state index in [2.05, 4.69) is 20.4 Å². The van der Waals surface area contributed by atoms with Crippen LogP contribution in [0.2, 0.25) is 5.02 Å². The summed E-state index contributed by atoms with van der Waals surface area (Å²) in [5.41, 5.74) is 2.32. The van der Waals surface area contributed by atoms with E-state index < -0.39 is 18.5 Å². The molecular weight excluding hydrogens is 358 g/mol. The Bertz CT molecular complexity index is 986. The van der Waals surface area contributed by atoms with Crippen LogP contribution in [-0.4, -0.2) is 38.1 Å². The number of benzene rings is 1. The molecule has 1 amide bonds. The van der Waals surface area contributed by atoms with Gasteiger partial charge in [0.2, 0.25) is 0 Å². The Hall–Kier alpha value is -3.00. The number of nitrogens with one attached hydrogen (secondary N) is 1. The number of ether oxygens (including phenoxy) is 1. The lowest BCUT2D eigenvalue weighted by Crippen LogP contribution is -2.28. The van der Waals surface area contributed by atoms with E-state index in [4.69, 9.17) is 16.3 Å². The number of carbonyl (C=O) groups is 2. The van der Waals surface area contributed by atoms with Gasteiger partial charge in [-0.05, 0) is 31.5 Å². The van der Waals surface area contributed by atoms with Crippen molar-refractivity contribution in [1.29, 1.82) is 0 Å². The summed E-state index contributed by atoms with van der Waals surface area (Å²) in [6.07, 6.45) is 0. The molecule has 0 atom stereocenters. The van der Waals surface area contributed by atoms with Gasteiger partial charge in [0.1, 0.15) is 0 Å². The van der Waals surface area contributed by atoms with Crippen molar-refractivity contribution in [3.63, 3.8) is 0 Å². The molecule has 0 aliphatic heterocycles. The van der Waals surface area contributed by atoms with Crippen LogP contribution in [0, 0.1) is 13.8 Å². The van der Waals surface area contributed by atoms with Crippen LogP contribution in [0.4, 0.5) is 0 Å². The maximum atomic E-state index is 12.1. The highest BCUT2D eigenvalue weighted by atomic mass is 35.5. The molecule has 3 aromatic rings. The zero-order valence-corrected chi connectivity index (χ0v) is 14.9. The third-order valence-corrected chi connectivity index (χ3v) is 3.94. The van der Waals surface area contributed by atoms with E-state index in [1.54, 1.807) is 18.2 Å². The van der Waals surface area contributed by atoms with Gasteiger partial charge in [0, 0.05) is 23.0 Å². The van der Waals surface area contributed by atoms with Crippen molar-refractivity contribution in [2.24, 2.45) is 0 Å². The molecule has 0 saturated heterocycles. The molecule has 0 aliphatic carbocycles.